The van der Waals surface area contributed by atoms with Gasteiger partial charge in [0.2, 0.25) is 5.89 Å². The van der Waals surface area contributed by atoms with E-state index in [2.05, 4.69) is 15.5 Å². The first kappa shape index (κ1) is 13.2. The summed E-state index contributed by atoms with van der Waals surface area (Å²) in [6.07, 6.45) is 0. The van der Waals surface area contributed by atoms with E-state index >= 15 is 0 Å². The second-order valence-corrected chi connectivity index (χ2v) is 4.23. The SMILES string of the molecule is CNC(C)c1nnc(-c2cc(C)ccc2[N+](=O)[O-])o1. The van der Waals surface area contributed by atoms with Gasteiger partial charge in [0.25, 0.3) is 11.6 Å². The van der Waals surface area contributed by atoms with Gasteiger partial charge in [-0.05, 0) is 32.5 Å². The van der Waals surface area contributed by atoms with Gasteiger partial charge in [-0.2, -0.15) is 0 Å². The third-order valence-corrected chi connectivity index (χ3v) is 2.82. The lowest BCUT2D eigenvalue weighted by Crippen LogP contribution is -2.12. The molecule has 0 aliphatic heterocycles. The molecule has 0 amide bonds. The number of nitrogens with zero attached hydrogens (tertiary/aromatic N) is 3. The summed E-state index contributed by atoms with van der Waals surface area (Å²) in [4.78, 5) is 10.5. The van der Waals surface area contributed by atoms with Gasteiger partial charge in [0.05, 0.1) is 11.0 Å². The van der Waals surface area contributed by atoms with Crippen molar-refractivity contribution in [2.75, 3.05) is 7.05 Å². The molecule has 7 heteroatoms. The fourth-order valence-electron chi connectivity index (χ4n) is 1.62. The van der Waals surface area contributed by atoms with E-state index < -0.39 is 4.92 Å². The van der Waals surface area contributed by atoms with Gasteiger partial charge in [0.15, 0.2) is 0 Å². The second kappa shape index (κ2) is 5.15. The van der Waals surface area contributed by atoms with Crippen LogP contribution >= 0.6 is 0 Å². The van der Waals surface area contributed by atoms with Crippen LogP contribution in [0.15, 0.2) is 22.6 Å². The van der Waals surface area contributed by atoms with Gasteiger partial charge in [0.1, 0.15) is 5.56 Å². The number of hydrogen-bond acceptors (Lipinski definition) is 6. The Hall–Kier alpha value is -2.28. The standard InChI is InChI=1S/C12H14N4O3/c1-7-4-5-10(16(17)18)9(6-7)12-15-14-11(19-12)8(2)13-3/h4-6,8,13H,1-3H3. The summed E-state index contributed by atoms with van der Waals surface area (Å²) in [5.41, 5.74) is 1.19. The van der Waals surface area contributed by atoms with Crippen LogP contribution in [-0.4, -0.2) is 22.2 Å². The topological polar surface area (TPSA) is 94.1 Å². The minimum atomic E-state index is -0.458. The van der Waals surface area contributed by atoms with Crippen molar-refractivity contribution in [1.29, 1.82) is 0 Å². The minimum Gasteiger partial charge on any atom is -0.419 e. The molecule has 100 valence electrons. The molecular formula is C12H14N4O3. The van der Waals surface area contributed by atoms with Crippen LogP contribution in [0, 0.1) is 17.0 Å². The van der Waals surface area contributed by atoms with Crippen molar-refractivity contribution >= 4 is 5.69 Å². The average Bonchev–Trinajstić information content (AvgIpc) is 2.86. The summed E-state index contributed by atoms with van der Waals surface area (Å²) in [5.74, 6) is 0.556. The van der Waals surface area contributed by atoms with Gasteiger partial charge < -0.3 is 9.73 Å². The van der Waals surface area contributed by atoms with E-state index in [0.717, 1.165) is 5.56 Å². The molecule has 1 unspecified atom stereocenters. The van der Waals surface area contributed by atoms with Crippen molar-refractivity contribution in [2.45, 2.75) is 19.9 Å². The van der Waals surface area contributed by atoms with Crippen molar-refractivity contribution in [1.82, 2.24) is 15.5 Å². The average molecular weight is 262 g/mol. The van der Waals surface area contributed by atoms with Gasteiger partial charge in [-0.25, -0.2) is 0 Å². The van der Waals surface area contributed by atoms with Gasteiger partial charge in [0, 0.05) is 6.07 Å². The molecule has 0 saturated carbocycles. The number of aromatic nitrogens is 2. The maximum absolute atomic E-state index is 11.0. The van der Waals surface area contributed by atoms with Crippen LogP contribution in [-0.2, 0) is 0 Å². The van der Waals surface area contributed by atoms with E-state index in [1.165, 1.54) is 6.07 Å². The van der Waals surface area contributed by atoms with Crippen molar-refractivity contribution in [3.63, 3.8) is 0 Å². The Kier molecular flexibility index (Phi) is 3.57. The van der Waals surface area contributed by atoms with Crippen LogP contribution in [0.4, 0.5) is 5.69 Å². The summed E-state index contributed by atoms with van der Waals surface area (Å²) in [7, 11) is 1.77. The first-order valence-corrected chi connectivity index (χ1v) is 5.79. The molecule has 7 nitrogen and oxygen atoms in total. The maximum Gasteiger partial charge on any atom is 0.282 e. The van der Waals surface area contributed by atoms with Crippen LogP contribution in [0.3, 0.4) is 0 Å². The molecule has 0 fully saturated rings. The van der Waals surface area contributed by atoms with Gasteiger partial charge in [-0.3, -0.25) is 10.1 Å². The lowest BCUT2D eigenvalue weighted by molar-refractivity contribution is -0.384. The maximum atomic E-state index is 11.0. The third-order valence-electron chi connectivity index (χ3n) is 2.82. The van der Waals surface area contributed by atoms with E-state index in [-0.39, 0.29) is 17.6 Å². The number of benzene rings is 1. The van der Waals surface area contributed by atoms with Crippen molar-refractivity contribution in [3.8, 4) is 11.5 Å². The van der Waals surface area contributed by atoms with Crippen LogP contribution in [0.1, 0.15) is 24.4 Å². The zero-order chi connectivity index (χ0) is 14.0. The predicted octanol–water partition coefficient (Wildman–Crippen LogP) is 2.23. The van der Waals surface area contributed by atoms with Crippen molar-refractivity contribution < 1.29 is 9.34 Å². The molecule has 1 aromatic carbocycles. The van der Waals surface area contributed by atoms with Crippen molar-refractivity contribution in [2.24, 2.45) is 0 Å². The van der Waals surface area contributed by atoms with Gasteiger partial charge in [-0.15, -0.1) is 10.2 Å². The number of nitrogens with one attached hydrogen (secondary N) is 1. The van der Waals surface area contributed by atoms with Crippen LogP contribution in [0.25, 0.3) is 11.5 Å². The van der Waals surface area contributed by atoms with E-state index in [0.29, 0.717) is 11.5 Å². The van der Waals surface area contributed by atoms with Crippen molar-refractivity contribution in [3.05, 3.63) is 39.8 Å². The summed E-state index contributed by atoms with van der Waals surface area (Å²) < 4.78 is 5.48. The summed E-state index contributed by atoms with van der Waals surface area (Å²) in [6, 6.07) is 4.68. The van der Waals surface area contributed by atoms with E-state index in [9.17, 15) is 10.1 Å². The minimum absolute atomic E-state index is 0.0436. The first-order chi connectivity index (χ1) is 9.02. The number of rotatable bonds is 4. The third kappa shape index (κ3) is 2.60. The highest BCUT2D eigenvalue weighted by molar-refractivity contribution is 5.67. The highest BCUT2D eigenvalue weighted by atomic mass is 16.6. The van der Waals surface area contributed by atoms with Crippen LogP contribution in [0.2, 0.25) is 0 Å². The first-order valence-electron chi connectivity index (χ1n) is 5.79. The summed E-state index contributed by atoms with van der Waals surface area (Å²) in [5, 5.41) is 21.7. The van der Waals surface area contributed by atoms with E-state index in [1.807, 2.05) is 13.8 Å². The zero-order valence-corrected chi connectivity index (χ0v) is 10.9. The Bertz CT molecular complexity index is 609. The Morgan fingerprint density at radius 1 is 1.42 bits per heavy atom. The molecule has 0 saturated heterocycles. The molecular weight excluding hydrogens is 248 g/mol. The Morgan fingerprint density at radius 3 is 2.79 bits per heavy atom. The zero-order valence-electron chi connectivity index (χ0n) is 10.9. The number of hydrogen-bond donors (Lipinski definition) is 1. The van der Waals surface area contributed by atoms with Gasteiger partial charge >= 0.3 is 0 Å². The Labute approximate surface area is 109 Å². The number of nitro benzene ring substituents is 1. The summed E-state index contributed by atoms with van der Waals surface area (Å²) in [6.45, 7) is 3.71. The largest absolute Gasteiger partial charge is 0.419 e. The fourth-order valence-corrected chi connectivity index (χ4v) is 1.62. The molecule has 0 aliphatic rings. The fraction of sp³-hybridized carbons (Fsp3) is 0.333. The molecule has 0 aliphatic carbocycles. The molecule has 1 N–H and O–H groups in total. The quantitative estimate of drug-likeness (QED) is 0.670. The lowest BCUT2D eigenvalue weighted by Gasteiger charge is -2.03. The predicted molar refractivity (Wildman–Crippen MR) is 68.6 cm³/mol. The van der Waals surface area contributed by atoms with Crippen LogP contribution < -0.4 is 5.32 Å². The number of nitro groups is 1. The highest BCUT2D eigenvalue weighted by Crippen LogP contribution is 2.30. The van der Waals surface area contributed by atoms with Crippen LogP contribution in [0.5, 0.6) is 0 Å². The lowest BCUT2D eigenvalue weighted by atomic mass is 10.1. The van der Waals surface area contributed by atoms with E-state index in [1.54, 1.807) is 19.2 Å². The second-order valence-electron chi connectivity index (χ2n) is 4.23. The Morgan fingerprint density at radius 2 is 2.16 bits per heavy atom. The molecule has 2 aromatic rings. The molecule has 19 heavy (non-hydrogen) atoms. The molecule has 1 atom stereocenters. The summed E-state index contributed by atoms with van der Waals surface area (Å²) >= 11 is 0. The van der Waals surface area contributed by atoms with E-state index in [4.69, 9.17) is 4.42 Å². The van der Waals surface area contributed by atoms with Gasteiger partial charge in [-0.1, -0.05) is 6.07 Å². The number of aryl methyl sites for hydroxylation is 1. The molecule has 0 radical (unpaired) electrons. The molecule has 0 spiro atoms. The Balaban J connectivity index is 2.49. The normalized spacial score (nSPS) is 12.4. The monoisotopic (exact) mass is 262 g/mol. The molecule has 1 heterocycles. The molecule has 1 aromatic heterocycles. The molecule has 2 rings (SSSR count). The highest BCUT2D eigenvalue weighted by Gasteiger charge is 2.21. The molecule has 0 bridgehead atoms. The smallest absolute Gasteiger partial charge is 0.282 e.